The highest BCUT2D eigenvalue weighted by molar-refractivity contribution is 6.00. The number of aromatic hydroxyl groups is 2. The van der Waals surface area contributed by atoms with Gasteiger partial charge in [-0.25, -0.2) is 0 Å². The van der Waals surface area contributed by atoms with Crippen molar-refractivity contribution in [2.24, 2.45) is 5.92 Å². The molecule has 0 aromatic heterocycles. The molecule has 1 saturated carbocycles. The summed E-state index contributed by atoms with van der Waals surface area (Å²) in [5.74, 6) is 0.0561. The van der Waals surface area contributed by atoms with E-state index in [2.05, 4.69) is 0 Å². The number of phenols is 2. The number of hydrogen-bond donors (Lipinski definition) is 3. The number of benzene rings is 2. The zero-order valence-electron chi connectivity index (χ0n) is 16.8. The van der Waals surface area contributed by atoms with Crippen LogP contribution in [0.4, 0.5) is 5.69 Å². The van der Waals surface area contributed by atoms with Gasteiger partial charge in [-0.2, -0.15) is 0 Å². The first kappa shape index (κ1) is 19.4. The second-order valence-corrected chi connectivity index (χ2v) is 8.21. The lowest BCUT2D eigenvalue weighted by atomic mass is 9.90. The van der Waals surface area contributed by atoms with Gasteiger partial charge >= 0.3 is 0 Å². The minimum absolute atomic E-state index is 0.0772. The number of nitrogens with zero attached hydrogens (tertiary/aromatic N) is 1. The van der Waals surface area contributed by atoms with Crippen molar-refractivity contribution in [2.75, 3.05) is 12.3 Å². The van der Waals surface area contributed by atoms with E-state index in [-0.39, 0.29) is 28.7 Å². The van der Waals surface area contributed by atoms with Gasteiger partial charge in [0, 0.05) is 30.4 Å². The van der Waals surface area contributed by atoms with Gasteiger partial charge in [-0.15, -0.1) is 0 Å². The number of carbonyl (C=O) groups excluding carboxylic acids is 1. The molecule has 2 aromatic rings. The van der Waals surface area contributed by atoms with Crippen LogP contribution in [0.3, 0.4) is 0 Å². The Morgan fingerprint density at radius 1 is 1.17 bits per heavy atom. The van der Waals surface area contributed by atoms with E-state index in [0.29, 0.717) is 36.9 Å². The van der Waals surface area contributed by atoms with Gasteiger partial charge < -0.3 is 25.6 Å². The molecule has 6 heteroatoms. The fourth-order valence-electron chi connectivity index (χ4n) is 4.42. The predicted octanol–water partition coefficient (Wildman–Crippen LogP) is 4.10. The van der Waals surface area contributed by atoms with Crippen LogP contribution >= 0.6 is 0 Å². The van der Waals surface area contributed by atoms with Crippen molar-refractivity contribution < 1.29 is 19.7 Å². The van der Waals surface area contributed by atoms with Crippen molar-refractivity contribution in [2.45, 2.75) is 52.1 Å². The Kier molecular flexibility index (Phi) is 5.26. The van der Waals surface area contributed by atoms with Gasteiger partial charge in [0.1, 0.15) is 22.8 Å². The molecule has 2 aromatic carbocycles. The van der Waals surface area contributed by atoms with Gasteiger partial charge in [-0.1, -0.05) is 31.4 Å². The van der Waals surface area contributed by atoms with Crippen LogP contribution in [-0.2, 0) is 13.1 Å². The molecule has 0 bridgehead atoms. The summed E-state index contributed by atoms with van der Waals surface area (Å²) in [6.45, 7) is 3.01. The number of hydrogen-bond acceptors (Lipinski definition) is 5. The predicted molar refractivity (Wildman–Crippen MR) is 111 cm³/mol. The van der Waals surface area contributed by atoms with Crippen LogP contribution in [0.5, 0.6) is 17.2 Å². The Balaban J connectivity index is 1.61. The number of nitrogens with two attached hydrogens (primary N) is 1. The molecule has 1 aliphatic carbocycles. The first-order valence-electron chi connectivity index (χ1n) is 10.3. The number of anilines is 1. The standard InChI is InChI=1S/C23H28N2O4/c1-14-19(26)10-20(27)21(22(14)29-13-15-6-3-2-4-7-15)23(28)25-11-16-8-5-9-18(24)17(16)12-25/h5,8-10,15,26-27H,2-4,6-7,11-13,24H2,1H3. The van der Waals surface area contributed by atoms with Crippen LogP contribution in [-0.4, -0.2) is 27.6 Å². The number of rotatable bonds is 4. The number of fused-ring (bicyclic) bond motifs is 1. The second-order valence-electron chi connectivity index (χ2n) is 8.21. The van der Waals surface area contributed by atoms with Crippen LogP contribution in [0.15, 0.2) is 24.3 Å². The van der Waals surface area contributed by atoms with E-state index in [4.69, 9.17) is 10.5 Å². The number of carbonyl (C=O) groups is 1. The molecular formula is C23H28N2O4. The fraction of sp³-hybridized carbons (Fsp3) is 0.435. The van der Waals surface area contributed by atoms with E-state index < -0.39 is 0 Å². The Labute approximate surface area is 170 Å². The molecule has 1 fully saturated rings. The minimum Gasteiger partial charge on any atom is -0.507 e. The first-order chi connectivity index (χ1) is 14.0. The minimum atomic E-state index is -0.320. The normalized spacial score (nSPS) is 16.7. The molecule has 29 heavy (non-hydrogen) atoms. The summed E-state index contributed by atoms with van der Waals surface area (Å²) in [6.07, 6.45) is 5.85. The molecule has 0 spiro atoms. The molecular weight excluding hydrogens is 368 g/mol. The van der Waals surface area contributed by atoms with Gasteiger partial charge in [-0.3, -0.25) is 4.79 Å². The summed E-state index contributed by atoms with van der Waals surface area (Å²) in [7, 11) is 0. The summed E-state index contributed by atoms with van der Waals surface area (Å²) < 4.78 is 6.06. The molecule has 154 valence electrons. The highest BCUT2D eigenvalue weighted by Crippen LogP contribution is 2.40. The highest BCUT2D eigenvalue weighted by Gasteiger charge is 2.31. The molecule has 0 unspecified atom stereocenters. The van der Waals surface area contributed by atoms with Crippen LogP contribution in [0, 0.1) is 12.8 Å². The number of amides is 1. The summed E-state index contributed by atoms with van der Waals surface area (Å²) in [6, 6.07) is 6.88. The van der Waals surface area contributed by atoms with E-state index in [1.807, 2.05) is 18.2 Å². The lowest BCUT2D eigenvalue weighted by Gasteiger charge is -2.25. The molecule has 4 N–H and O–H groups in total. The molecule has 2 aliphatic rings. The second kappa shape index (κ2) is 7.85. The van der Waals surface area contributed by atoms with Crippen LogP contribution < -0.4 is 10.5 Å². The summed E-state index contributed by atoms with van der Waals surface area (Å²) in [5, 5.41) is 20.7. The van der Waals surface area contributed by atoms with Crippen molar-refractivity contribution in [3.8, 4) is 17.2 Å². The number of ether oxygens (including phenoxy) is 1. The zero-order chi connectivity index (χ0) is 20.5. The highest BCUT2D eigenvalue weighted by atomic mass is 16.5. The monoisotopic (exact) mass is 396 g/mol. The summed E-state index contributed by atoms with van der Waals surface area (Å²) in [4.78, 5) is 15.0. The van der Waals surface area contributed by atoms with Crippen molar-refractivity contribution in [1.82, 2.24) is 4.90 Å². The molecule has 1 aliphatic heterocycles. The van der Waals surface area contributed by atoms with E-state index >= 15 is 0 Å². The maximum atomic E-state index is 13.3. The SMILES string of the molecule is Cc1c(O)cc(O)c(C(=O)N2Cc3cccc(N)c3C2)c1OCC1CCCCC1. The molecule has 4 rings (SSSR count). The Bertz CT molecular complexity index is 935. The van der Waals surface area contributed by atoms with Crippen LogP contribution in [0.2, 0.25) is 0 Å². The van der Waals surface area contributed by atoms with E-state index in [1.54, 1.807) is 11.8 Å². The third-order valence-electron chi connectivity index (χ3n) is 6.19. The summed E-state index contributed by atoms with van der Waals surface area (Å²) >= 11 is 0. The Hall–Kier alpha value is -2.89. The topological polar surface area (TPSA) is 96.0 Å². The quantitative estimate of drug-likeness (QED) is 0.676. The van der Waals surface area contributed by atoms with Gasteiger partial charge in [0.2, 0.25) is 0 Å². The van der Waals surface area contributed by atoms with Crippen LogP contribution in [0.25, 0.3) is 0 Å². The Morgan fingerprint density at radius 2 is 1.93 bits per heavy atom. The van der Waals surface area contributed by atoms with Crippen LogP contribution in [0.1, 0.15) is 59.2 Å². The lowest BCUT2D eigenvalue weighted by molar-refractivity contribution is 0.0741. The van der Waals surface area contributed by atoms with Gasteiger partial charge in [-0.05, 0) is 42.9 Å². The van der Waals surface area contributed by atoms with Crippen molar-refractivity contribution >= 4 is 11.6 Å². The Morgan fingerprint density at radius 3 is 2.66 bits per heavy atom. The van der Waals surface area contributed by atoms with E-state index in [0.717, 1.165) is 24.0 Å². The molecule has 1 amide bonds. The summed E-state index contributed by atoms with van der Waals surface area (Å²) in [5.41, 5.74) is 9.27. The van der Waals surface area contributed by atoms with Gasteiger partial charge in [0.05, 0.1) is 6.61 Å². The van der Waals surface area contributed by atoms with Gasteiger partial charge in [0.15, 0.2) is 0 Å². The largest absolute Gasteiger partial charge is 0.507 e. The fourth-order valence-corrected chi connectivity index (χ4v) is 4.42. The maximum absolute atomic E-state index is 13.3. The van der Waals surface area contributed by atoms with Crippen molar-refractivity contribution in [1.29, 1.82) is 0 Å². The maximum Gasteiger partial charge on any atom is 0.262 e. The van der Waals surface area contributed by atoms with E-state index in [1.165, 1.54) is 25.3 Å². The molecule has 6 nitrogen and oxygen atoms in total. The number of nitrogen functional groups attached to an aromatic ring is 1. The third-order valence-corrected chi connectivity index (χ3v) is 6.19. The van der Waals surface area contributed by atoms with Crippen molar-refractivity contribution in [3.05, 3.63) is 46.5 Å². The molecule has 0 saturated heterocycles. The molecule has 1 heterocycles. The lowest BCUT2D eigenvalue weighted by Crippen LogP contribution is -2.27. The smallest absolute Gasteiger partial charge is 0.262 e. The third kappa shape index (κ3) is 3.71. The van der Waals surface area contributed by atoms with Gasteiger partial charge in [0.25, 0.3) is 5.91 Å². The molecule has 0 radical (unpaired) electrons. The first-order valence-corrected chi connectivity index (χ1v) is 10.3. The van der Waals surface area contributed by atoms with E-state index in [9.17, 15) is 15.0 Å². The number of phenolic OH excluding ortho intramolecular Hbond substituents is 2. The average molecular weight is 396 g/mol. The zero-order valence-corrected chi connectivity index (χ0v) is 16.8. The average Bonchev–Trinajstić information content (AvgIpc) is 3.16. The van der Waals surface area contributed by atoms with Crippen molar-refractivity contribution in [3.63, 3.8) is 0 Å². The molecule has 0 atom stereocenters.